The molecule has 0 bridgehead atoms. The van der Waals surface area contributed by atoms with Gasteiger partial charge in [0, 0.05) is 17.2 Å². The van der Waals surface area contributed by atoms with E-state index in [4.69, 9.17) is 21.3 Å². The lowest BCUT2D eigenvalue weighted by Crippen LogP contribution is -2.16. The van der Waals surface area contributed by atoms with Crippen molar-refractivity contribution in [3.05, 3.63) is 71.2 Å². The summed E-state index contributed by atoms with van der Waals surface area (Å²) in [5.74, 6) is 0.669. The molecule has 0 fully saturated rings. The Hall–Kier alpha value is -3.83. The van der Waals surface area contributed by atoms with Crippen molar-refractivity contribution in [2.24, 2.45) is 0 Å². The molecule has 30 heavy (non-hydrogen) atoms. The van der Waals surface area contributed by atoms with E-state index in [1.54, 1.807) is 52.0 Å². The molecule has 0 unspecified atom stereocenters. The number of carbonyl (C=O) groups is 1. The number of hydrogen-bond donors (Lipinski definition) is 1. The smallest absolute Gasteiger partial charge is 0.277 e. The number of hydrogen-bond acceptors (Lipinski definition) is 5. The molecular weight excluding hydrogens is 404 g/mol. The molecule has 3 heterocycles. The van der Waals surface area contributed by atoms with Gasteiger partial charge in [0.25, 0.3) is 5.91 Å². The normalized spacial score (nSPS) is 10.7. The van der Waals surface area contributed by atoms with E-state index in [2.05, 4.69) is 21.6 Å². The van der Waals surface area contributed by atoms with Crippen molar-refractivity contribution in [2.75, 3.05) is 5.32 Å². The van der Waals surface area contributed by atoms with E-state index in [0.717, 1.165) is 5.69 Å². The van der Waals surface area contributed by atoms with Crippen LogP contribution in [0.5, 0.6) is 0 Å². The van der Waals surface area contributed by atoms with E-state index in [1.807, 2.05) is 19.1 Å². The zero-order valence-electron chi connectivity index (χ0n) is 16.0. The number of aromatic nitrogens is 4. The molecule has 8 nitrogen and oxygen atoms in total. The van der Waals surface area contributed by atoms with Gasteiger partial charge in [-0.05, 0) is 37.3 Å². The van der Waals surface area contributed by atoms with E-state index in [9.17, 15) is 4.79 Å². The van der Waals surface area contributed by atoms with Gasteiger partial charge in [0.1, 0.15) is 11.5 Å². The summed E-state index contributed by atoms with van der Waals surface area (Å²) in [4.78, 5) is 12.9. The van der Waals surface area contributed by atoms with Crippen LogP contribution in [0, 0.1) is 18.3 Å². The molecule has 0 saturated heterocycles. The number of amides is 1. The van der Waals surface area contributed by atoms with Crippen molar-refractivity contribution in [3.8, 4) is 23.2 Å². The van der Waals surface area contributed by atoms with E-state index >= 15 is 0 Å². The maximum atomic E-state index is 12.9. The Labute approximate surface area is 177 Å². The van der Waals surface area contributed by atoms with Crippen LogP contribution in [-0.4, -0.2) is 25.5 Å². The highest BCUT2D eigenvalue weighted by molar-refractivity contribution is 6.30. The predicted octanol–water partition coefficient (Wildman–Crippen LogP) is 4.46. The third-order valence-corrected chi connectivity index (χ3v) is 4.58. The topological polar surface area (TPSA) is 102 Å². The highest BCUT2D eigenvalue weighted by Gasteiger charge is 2.20. The van der Waals surface area contributed by atoms with Crippen LogP contribution in [0.15, 0.2) is 59.2 Å². The fourth-order valence-electron chi connectivity index (χ4n) is 3.05. The van der Waals surface area contributed by atoms with Gasteiger partial charge < -0.3 is 9.73 Å². The van der Waals surface area contributed by atoms with Crippen molar-refractivity contribution in [1.82, 2.24) is 19.6 Å². The van der Waals surface area contributed by atoms with Gasteiger partial charge >= 0.3 is 0 Å². The number of halogens is 1. The summed E-state index contributed by atoms with van der Waals surface area (Å²) in [6.45, 7) is 2.20. The third-order valence-electron chi connectivity index (χ3n) is 4.35. The Morgan fingerprint density at radius 3 is 2.83 bits per heavy atom. The Bertz CT molecular complexity index is 1230. The number of nitrogens with zero attached hydrogens (tertiary/aromatic N) is 5. The molecule has 1 N–H and O–H groups in total. The summed E-state index contributed by atoms with van der Waals surface area (Å²) < 4.78 is 8.72. The lowest BCUT2D eigenvalue weighted by atomic mass is 10.2. The zero-order valence-corrected chi connectivity index (χ0v) is 16.8. The van der Waals surface area contributed by atoms with Crippen LogP contribution in [-0.2, 0) is 6.54 Å². The second-order valence-corrected chi connectivity index (χ2v) is 6.98. The molecule has 4 aromatic rings. The zero-order chi connectivity index (χ0) is 21.1. The van der Waals surface area contributed by atoms with E-state index in [0.29, 0.717) is 34.5 Å². The quantitative estimate of drug-likeness (QED) is 0.496. The fourth-order valence-corrected chi connectivity index (χ4v) is 3.23. The van der Waals surface area contributed by atoms with Crippen LogP contribution in [0.1, 0.15) is 22.6 Å². The standard InChI is InChI=1S/C21H17ClN6O2/c1-14-11-20(27(25-14)9-4-8-23)24-21(29)17-13-18(19-7-3-10-30-19)28(26-17)16-6-2-5-15(22)12-16/h2-3,5-7,10-13H,4,9H2,1H3,(H,24,29). The van der Waals surface area contributed by atoms with Crippen molar-refractivity contribution < 1.29 is 9.21 Å². The van der Waals surface area contributed by atoms with E-state index in [-0.39, 0.29) is 12.1 Å². The number of nitrogens with one attached hydrogen (secondary N) is 1. The predicted molar refractivity (Wildman–Crippen MR) is 111 cm³/mol. The van der Waals surface area contributed by atoms with Crippen LogP contribution in [0.25, 0.3) is 17.1 Å². The molecule has 0 aliphatic heterocycles. The molecule has 150 valence electrons. The van der Waals surface area contributed by atoms with Crippen molar-refractivity contribution in [3.63, 3.8) is 0 Å². The lowest BCUT2D eigenvalue weighted by Gasteiger charge is -2.06. The first-order valence-corrected chi connectivity index (χ1v) is 9.55. The SMILES string of the molecule is Cc1cc(NC(=O)c2cc(-c3ccco3)n(-c3cccc(Cl)c3)n2)n(CCC#N)n1. The van der Waals surface area contributed by atoms with Crippen LogP contribution < -0.4 is 5.32 Å². The monoisotopic (exact) mass is 420 g/mol. The Kier molecular flexibility index (Phi) is 5.37. The largest absolute Gasteiger partial charge is 0.463 e. The summed E-state index contributed by atoms with van der Waals surface area (Å²) >= 11 is 6.13. The Morgan fingerprint density at radius 2 is 2.10 bits per heavy atom. The van der Waals surface area contributed by atoms with Gasteiger partial charge in [-0.15, -0.1) is 0 Å². The third kappa shape index (κ3) is 3.97. The maximum Gasteiger partial charge on any atom is 0.277 e. The van der Waals surface area contributed by atoms with Crippen molar-refractivity contribution in [2.45, 2.75) is 19.9 Å². The average Bonchev–Trinajstić information content (AvgIpc) is 3.46. The minimum Gasteiger partial charge on any atom is -0.463 e. The number of aryl methyl sites for hydroxylation is 2. The van der Waals surface area contributed by atoms with Gasteiger partial charge in [0.2, 0.25) is 0 Å². The highest BCUT2D eigenvalue weighted by Crippen LogP contribution is 2.26. The van der Waals surface area contributed by atoms with Crippen LogP contribution in [0.2, 0.25) is 5.02 Å². The molecule has 0 radical (unpaired) electrons. The highest BCUT2D eigenvalue weighted by atomic mass is 35.5. The molecule has 0 spiro atoms. The molecular formula is C21H17ClN6O2. The molecule has 4 rings (SSSR count). The molecule has 0 aliphatic rings. The van der Waals surface area contributed by atoms with Gasteiger partial charge in [-0.3, -0.25) is 4.79 Å². The van der Waals surface area contributed by atoms with Gasteiger partial charge in [-0.2, -0.15) is 15.5 Å². The summed E-state index contributed by atoms with van der Waals surface area (Å²) in [5.41, 5.74) is 2.25. The van der Waals surface area contributed by atoms with Crippen molar-refractivity contribution in [1.29, 1.82) is 5.26 Å². The van der Waals surface area contributed by atoms with Crippen LogP contribution >= 0.6 is 11.6 Å². The fraction of sp³-hybridized carbons (Fsp3) is 0.143. The lowest BCUT2D eigenvalue weighted by molar-refractivity contribution is 0.102. The van der Waals surface area contributed by atoms with Gasteiger partial charge in [0.05, 0.1) is 36.7 Å². The van der Waals surface area contributed by atoms with E-state index in [1.165, 1.54) is 0 Å². The Balaban J connectivity index is 1.69. The summed E-state index contributed by atoms with van der Waals surface area (Å²) in [5, 5.41) is 21.0. The molecule has 0 aliphatic carbocycles. The second-order valence-electron chi connectivity index (χ2n) is 6.54. The maximum absolute atomic E-state index is 12.9. The average molecular weight is 421 g/mol. The number of anilines is 1. The summed E-state index contributed by atoms with van der Waals surface area (Å²) in [6.07, 6.45) is 1.84. The Morgan fingerprint density at radius 1 is 1.23 bits per heavy atom. The number of benzene rings is 1. The first-order valence-electron chi connectivity index (χ1n) is 9.18. The molecule has 1 amide bonds. The van der Waals surface area contributed by atoms with E-state index < -0.39 is 5.91 Å². The van der Waals surface area contributed by atoms with Crippen LogP contribution in [0.3, 0.4) is 0 Å². The number of nitriles is 1. The molecule has 0 atom stereocenters. The minimum absolute atomic E-state index is 0.201. The molecule has 9 heteroatoms. The first-order chi connectivity index (χ1) is 14.5. The van der Waals surface area contributed by atoms with Gasteiger partial charge in [-0.1, -0.05) is 17.7 Å². The second kappa shape index (κ2) is 8.27. The van der Waals surface area contributed by atoms with Crippen LogP contribution in [0.4, 0.5) is 5.82 Å². The molecule has 0 saturated carbocycles. The van der Waals surface area contributed by atoms with Crippen molar-refractivity contribution >= 4 is 23.3 Å². The number of rotatable bonds is 6. The number of furan rings is 1. The minimum atomic E-state index is -0.401. The molecule has 1 aromatic carbocycles. The number of carbonyl (C=O) groups excluding carboxylic acids is 1. The van der Waals surface area contributed by atoms with Gasteiger partial charge in [-0.25, -0.2) is 9.36 Å². The first kappa shape index (κ1) is 19.5. The summed E-state index contributed by atoms with van der Waals surface area (Å²) in [6, 6.07) is 16.2. The summed E-state index contributed by atoms with van der Waals surface area (Å²) in [7, 11) is 0. The van der Waals surface area contributed by atoms with Gasteiger partial charge in [0.15, 0.2) is 11.5 Å². The molecule has 3 aromatic heterocycles.